The molecule has 5 nitrogen and oxygen atoms in total. The van der Waals surface area contributed by atoms with Crippen LogP contribution in [0.5, 0.6) is 5.75 Å². The van der Waals surface area contributed by atoms with Crippen molar-refractivity contribution < 1.29 is 14.7 Å². The minimum Gasteiger partial charge on any atom is -0.506 e. The van der Waals surface area contributed by atoms with E-state index in [0.717, 1.165) is 5.56 Å². The molecule has 0 spiro atoms. The van der Waals surface area contributed by atoms with Gasteiger partial charge in [-0.1, -0.05) is 0 Å². The van der Waals surface area contributed by atoms with E-state index in [4.69, 9.17) is 0 Å². The Balaban J connectivity index is 2.51. The topological polar surface area (TPSA) is 78.8 Å². The van der Waals surface area contributed by atoms with E-state index in [0.29, 0.717) is 22.6 Å². The first-order chi connectivity index (χ1) is 9.88. The number of aliphatic imine (C=N–C) groups is 1. The summed E-state index contributed by atoms with van der Waals surface area (Å²) in [6.45, 7) is 4.98. The lowest BCUT2D eigenvalue weighted by molar-refractivity contribution is -0.114. The van der Waals surface area contributed by atoms with Crippen molar-refractivity contribution in [2.75, 3.05) is 5.32 Å². The molecular formula is C16H16N2O3. The van der Waals surface area contributed by atoms with Gasteiger partial charge in [0.15, 0.2) is 5.78 Å². The molecule has 0 radical (unpaired) electrons. The molecular weight excluding hydrogens is 268 g/mol. The molecule has 21 heavy (non-hydrogen) atoms. The molecule has 1 amide bonds. The summed E-state index contributed by atoms with van der Waals surface area (Å²) < 4.78 is 0. The summed E-state index contributed by atoms with van der Waals surface area (Å²) in [4.78, 5) is 26.8. The van der Waals surface area contributed by atoms with Gasteiger partial charge in [0.1, 0.15) is 5.75 Å². The van der Waals surface area contributed by atoms with Crippen molar-refractivity contribution in [2.24, 2.45) is 4.99 Å². The second-order valence-corrected chi connectivity index (χ2v) is 4.85. The van der Waals surface area contributed by atoms with Crippen LogP contribution in [-0.2, 0) is 9.59 Å². The Morgan fingerprint density at radius 1 is 1.19 bits per heavy atom. The summed E-state index contributed by atoms with van der Waals surface area (Å²) in [7, 11) is 0. The van der Waals surface area contributed by atoms with E-state index in [9.17, 15) is 14.7 Å². The zero-order chi connectivity index (χ0) is 15.6. The lowest BCUT2D eigenvalue weighted by atomic mass is 10.0. The van der Waals surface area contributed by atoms with Crippen LogP contribution in [-0.4, -0.2) is 22.5 Å². The Labute approximate surface area is 122 Å². The molecule has 1 aliphatic carbocycles. The van der Waals surface area contributed by atoms with Crippen molar-refractivity contribution in [3.8, 4) is 5.75 Å². The van der Waals surface area contributed by atoms with E-state index in [2.05, 4.69) is 10.3 Å². The number of nitrogens with zero attached hydrogens (tertiary/aromatic N) is 1. The fraction of sp³-hybridized carbons (Fsp3) is 0.188. The smallest absolute Gasteiger partial charge is 0.221 e. The number of aryl methyl sites for hydroxylation is 1. The molecule has 0 saturated carbocycles. The Kier molecular flexibility index (Phi) is 4.03. The van der Waals surface area contributed by atoms with E-state index >= 15 is 0 Å². The minimum atomic E-state index is -0.265. The van der Waals surface area contributed by atoms with Crippen LogP contribution in [0.3, 0.4) is 0 Å². The maximum atomic E-state index is 11.2. The van der Waals surface area contributed by atoms with Crippen LogP contribution >= 0.6 is 0 Å². The first-order valence-electron chi connectivity index (χ1n) is 6.48. The summed E-state index contributed by atoms with van der Waals surface area (Å²) in [5.74, 6) is -0.333. The Bertz CT molecular complexity index is 695. The standard InChI is InChI=1S/C16H16N2O3/c1-9-8-14(21)16(17-11(3)19)10(2)15(9)18-12-4-6-13(20)7-5-12/h4-8,21H,1-3H3,(H,17,19). The van der Waals surface area contributed by atoms with Crippen LogP contribution in [0.2, 0.25) is 0 Å². The van der Waals surface area contributed by atoms with E-state index in [1.165, 1.54) is 19.1 Å². The summed E-state index contributed by atoms with van der Waals surface area (Å²) in [5, 5.41) is 12.6. The third-order valence-electron chi connectivity index (χ3n) is 3.09. The van der Waals surface area contributed by atoms with Crippen LogP contribution in [0.25, 0.3) is 0 Å². The second-order valence-electron chi connectivity index (χ2n) is 4.85. The number of carbonyl (C=O) groups excluding carboxylic acids is 2. The minimum absolute atomic E-state index is 0.00839. The number of benzene rings is 1. The summed E-state index contributed by atoms with van der Waals surface area (Å²) >= 11 is 0. The fourth-order valence-electron chi connectivity index (χ4n) is 2.11. The number of ketones is 1. The highest BCUT2D eigenvalue weighted by Gasteiger charge is 2.14. The number of rotatable bonds is 2. The zero-order valence-corrected chi connectivity index (χ0v) is 12.1. The molecule has 1 aromatic rings. The van der Waals surface area contributed by atoms with Crippen molar-refractivity contribution in [2.45, 2.75) is 20.8 Å². The summed E-state index contributed by atoms with van der Waals surface area (Å²) in [6, 6.07) is 1.55. The van der Waals surface area contributed by atoms with E-state index in [1.807, 2.05) is 6.92 Å². The van der Waals surface area contributed by atoms with Gasteiger partial charge in [0.2, 0.25) is 5.91 Å². The number of carbonyl (C=O) groups is 2. The Hall–Kier alpha value is -2.69. The average molecular weight is 284 g/mol. The quantitative estimate of drug-likeness (QED) is 0.647. The van der Waals surface area contributed by atoms with Crippen LogP contribution in [0, 0.1) is 13.8 Å². The summed E-state index contributed by atoms with van der Waals surface area (Å²) in [6.07, 6.45) is 6.15. The molecule has 2 N–H and O–H groups in total. The van der Waals surface area contributed by atoms with Crippen molar-refractivity contribution in [3.63, 3.8) is 0 Å². The van der Waals surface area contributed by atoms with Gasteiger partial charge in [-0.15, -0.1) is 0 Å². The number of phenolic OH excluding ortho intramolecular Hbond substituents is 1. The number of aromatic hydroxyl groups is 1. The van der Waals surface area contributed by atoms with Gasteiger partial charge in [0.05, 0.1) is 17.1 Å². The highest BCUT2D eigenvalue weighted by molar-refractivity contribution is 6.17. The highest BCUT2D eigenvalue weighted by atomic mass is 16.3. The number of hydrogen-bond donors (Lipinski definition) is 2. The molecule has 0 aliphatic heterocycles. The third kappa shape index (κ3) is 3.25. The van der Waals surface area contributed by atoms with Gasteiger partial charge in [-0.05, 0) is 49.8 Å². The van der Waals surface area contributed by atoms with Crippen molar-refractivity contribution in [1.82, 2.24) is 0 Å². The molecule has 0 saturated heterocycles. The van der Waals surface area contributed by atoms with Crippen LogP contribution in [0.15, 0.2) is 35.4 Å². The van der Waals surface area contributed by atoms with Gasteiger partial charge < -0.3 is 10.4 Å². The molecule has 5 heteroatoms. The number of nitrogens with one attached hydrogen (secondary N) is 1. The molecule has 1 aromatic carbocycles. The number of anilines is 1. The SMILES string of the molecule is CC(=O)Nc1c(O)cc(C)c(N=C2C=CC(=O)C=C2)c1C. The van der Waals surface area contributed by atoms with Crippen molar-refractivity contribution in [3.05, 3.63) is 41.5 Å². The van der Waals surface area contributed by atoms with Gasteiger partial charge in [-0.25, -0.2) is 4.99 Å². The van der Waals surface area contributed by atoms with Crippen LogP contribution in [0.4, 0.5) is 11.4 Å². The molecule has 1 aliphatic rings. The average Bonchev–Trinajstić information content (AvgIpc) is 2.41. The molecule has 108 valence electrons. The Morgan fingerprint density at radius 2 is 1.81 bits per heavy atom. The molecule has 0 atom stereocenters. The summed E-state index contributed by atoms with van der Waals surface area (Å²) in [5.41, 5.74) is 3.11. The van der Waals surface area contributed by atoms with E-state index in [1.54, 1.807) is 25.1 Å². The lowest BCUT2D eigenvalue weighted by Gasteiger charge is -2.14. The first kappa shape index (κ1) is 14.7. The van der Waals surface area contributed by atoms with Gasteiger partial charge in [-0.2, -0.15) is 0 Å². The maximum Gasteiger partial charge on any atom is 0.221 e. The number of phenols is 1. The zero-order valence-electron chi connectivity index (χ0n) is 12.1. The number of hydrogen-bond acceptors (Lipinski definition) is 4. The third-order valence-corrected chi connectivity index (χ3v) is 3.09. The Morgan fingerprint density at radius 3 is 2.38 bits per heavy atom. The van der Waals surface area contributed by atoms with Gasteiger partial charge in [0, 0.05) is 12.5 Å². The lowest BCUT2D eigenvalue weighted by Crippen LogP contribution is -2.08. The largest absolute Gasteiger partial charge is 0.506 e. The predicted molar refractivity (Wildman–Crippen MR) is 82.3 cm³/mol. The molecule has 0 fully saturated rings. The first-order valence-corrected chi connectivity index (χ1v) is 6.48. The van der Waals surface area contributed by atoms with Crippen molar-refractivity contribution >= 4 is 28.8 Å². The normalized spacial score (nSPS) is 13.5. The van der Waals surface area contributed by atoms with Crippen molar-refractivity contribution in [1.29, 1.82) is 0 Å². The van der Waals surface area contributed by atoms with Gasteiger partial charge in [0.25, 0.3) is 0 Å². The second kappa shape index (κ2) is 5.75. The van der Waals surface area contributed by atoms with E-state index < -0.39 is 0 Å². The van der Waals surface area contributed by atoms with Crippen LogP contribution < -0.4 is 5.32 Å². The van der Waals surface area contributed by atoms with Gasteiger partial charge >= 0.3 is 0 Å². The van der Waals surface area contributed by atoms with E-state index in [-0.39, 0.29) is 17.4 Å². The molecule has 0 unspecified atom stereocenters. The fourth-order valence-corrected chi connectivity index (χ4v) is 2.11. The number of amides is 1. The molecule has 0 heterocycles. The highest BCUT2D eigenvalue weighted by Crippen LogP contribution is 2.37. The van der Waals surface area contributed by atoms with Gasteiger partial charge in [-0.3, -0.25) is 9.59 Å². The molecule has 0 bridgehead atoms. The molecule has 2 rings (SSSR count). The number of allylic oxidation sites excluding steroid dienone is 4. The molecule has 0 aromatic heterocycles. The monoisotopic (exact) mass is 284 g/mol. The van der Waals surface area contributed by atoms with Crippen LogP contribution in [0.1, 0.15) is 18.1 Å². The maximum absolute atomic E-state index is 11.2. The predicted octanol–water partition coefficient (Wildman–Crippen LogP) is 2.74.